The highest BCUT2D eigenvalue weighted by Crippen LogP contribution is 1.87. The van der Waals surface area contributed by atoms with E-state index in [1.807, 2.05) is 0 Å². The number of carbonyl (C=O) groups excluding carboxylic acids is 1. The summed E-state index contributed by atoms with van der Waals surface area (Å²) in [6.07, 6.45) is 1.04. The normalized spacial score (nSPS) is 9.64. The summed E-state index contributed by atoms with van der Waals surface area (Å²) in [5.41, 5.74) is 2.31. The Balaban J connectivity index is 4.30. The molecule has 0 heterocycles. The van der Waals surface area contributed by atoms with Crippen molar-refractivity contribution in [3.8, 4) is 0 Å². The molecule has 0 atom stereocenters. The highest BCUT2D eigenvalue weighted by atomic mass is 32.3. The maximum absolute atomic E-state index is 9.87. The van der Waals surface area contributed by atoms with Gasteiger partial charge in [0.1, 0.15) is 0 Å². The number of hydrogen-bond acceptors (Lipinski definition) is 4. The summed E-state index contributed by atoms with van der Waals surface area (Å²) >= 11 is 0. The molecule has 0 saturated carbocycles. The van der Waals surface area contributed by atoms with Crippen molar-refractivity contribution in [2.75, 3.05) is 0 Å². The lowest BCUT2D eigenvalue weighted by atomic mass is 10.4. The van der Waals surface area contributed by atoms with Gasteiger partial charge in [-0.05, 0) is 6.92 Å². The van der Waals surface area contributed by atoms with Gasteiger partial charge in [-0.15, -0.1) is 0 Å². The number of allylic oxidation sites excluding steroid dienone is 1. The quantitative estimate of drug-likeness (QED) is 0.217. The van der Waals surface area contributed by atoms with Crippen LogP contribution in [0.2, 0.25) is 0 Å². The zero-order valence-electron chi connectivity index (χ0n) is 5.64. The highest BCUT2D eigenvalue weighted by molar-refractivity contribution is 7.81. The van der Waals surface area contributed by atoms with E-state index in [4.69, 9.17) is 4.55 Å². The average Bonchev–Trinajstić information content (AvgIpc) is 1.85. The largest absolute Gasteiger partial charge is 0.446 e. The van der Waals surface area contributed by atoms with Crippen LogP contribution in [0.5, 0.6) is 0 Å². The van der Waals surface area contributed by atoms with Crippen molar-refractivity contribution in [1.29, 1.82) is 0 Å². The third-order valence-electron chi connectivity index (χ3n) is 0.633. The van der Waals surface area contributed by atoms with E-state index in [2.05, 4.69) is 9.91 Å². The van der Waals surface area contributed by atoms with Gasteiger partial charge in [0.05, 0.1) is 0 Å². The first-order valence-electron chi connectivity index (χ1n) is 2.48. The Morgan fingerprint density at radius 1 is 1.64 bits per heavy atom. The van der Waals surface area contributed by atoms with E-state index in [1.165, 1.54) is 6.92 Å². The van der Waals surface area contributed by atoms with Crippen molar-refractivity contribution in [2.24, 2.45) is 0 Å². The standard InChI is InChI=1S/C5H6O5S/c1-5(4-6)2-3-10-11(7,8)9/h3-4H,1H3,(H,7,8,9). The maximum Gasteiger partial charge on any atom is 0.446 e. The van der Waals surface area contributed by atoms with E-state index in [-0.39, 0.29) is 5.57 Å². The lowest BCUT2D eigenvalue weighted by Crippen LogP contribution is -1.96. The summed E-state index contributed by atoms with van der Waals surface area (Å²) in [5.74, 6) is 0. The lowest BCUT2D eigenvalue weighted by Gasteiger charge is -1.88. The van der Waals surface area contributed by atoms with Crippen molar-refractivity contribution in [3.05, 3.63) is 17.6 Å². The van der Waals surface area contributed by atoms with Crippen LogP contribution >= 0.6 is 0 Å². The Labute approximate surface area is 63.9 Å². The van der Waals surface area contributed by atoms with E-state index in [9.17, 15) is 13.2 Å². The number of rotatable bonds is 3. The Bertz CT molecular complexity index is 293. The second-order valence-corrected chi connectivity index (χ2v) is 2.63. The van der Waals surface area contributed by atoms with Crippen molar-refractivity contribution in [3.63, 3.8) is 0 Å². The van der Waals surface area contributed by atoms with Gasteiger partial charge in [0, 0.05) is 5.57 Å². The van der Waals surface area contributed by atoms with Crippen molar-refractivity contribution in [1.82, 2.24) is 0 Å². The van der Waals surface area contributed by atoms with Crippen LogP contribution in [0.3, 0.4) is 0 Å². The van der Waals surface area contributed by atoms with Gasteiger partial charge in [0.2, 0.25) is 0 Å². The molecule has 6 heteroatoms. The predicted octanol–water partition coefficient (Wildman–Crippen LogP) is 0.0636. The summed E-state index contributed by atoms with van der Waals surface area (Å²) < 4.78 is 31.4. The fraction of sp³-hybridized carbons (Fsp3) is 0.200. The Kier molecular flexibility index (Phi) is 3.53. The molecule has 0 unspecified atom stereocenters. The summed E-state index contributed by atoms with van der Waals surface area (Å²) in [6.45, 7) is 1.40. The van der Waals surface area contributed by atoms with E-state index in [0.29, 0.717) is 12.5 Å². The molecule has 0 saturated heterocycles. The molecule has 0 fully saturated rings. The SMILES string of the molecule is CC(=C=COS(=O)(=O)O)C=O. The molecule has 0 amide bonds. The van der Waals surface area contributed by atoms with Crippen LogP contribution in [-0.4, -0.2) is 19.3 Å². The monoisotopic (exact) mass is 178 g/mol. The molecule has 0 aromatic rings. The molecule has 0 aliphatic carbocycles. The number of aldehydes is 1. The Hall–Kier alpha value is -1.10. The van der Waals surface area contributed by atoms with Gasteiger partial charge in [0.15, 0.2) is 12.5 Å². The molecule has 62 valence electrons. The van der Waals surface area contributed by atoms with Crippen LogP contribution < -0.4 is 0 Å². The van der Waals surface area contributed by atoms with Crippen LogP contribution in [-0.2, 0) is 19.4 Å². The maximum atomic E-state index is 9.87. The fourth-order valence-corrected chi connectivity index (χ4v) is 0.382. The van der Waals surface area contributed by atoms with E-state index in [1.54, 1.807) is 0 Å². The van der Waals surface area contributed by atoms with E-state index < -0.39 is 10.4 Å². The molecular weight excluding hydrogens is 172 g/mol. The van der Waals surface area contributed by atoms with Gasteiger partial charge < -0.3 is 4.18 Å². The third kappa shape index (κ3) is 6.79. The van der Waals surface area contributed by atoms with Crippen LogP contribution in [0.25, 0.3) is 0 Å². The van der Waals surface area contributed by atoms with Gasteiger partial charge in [0.25, 0.3) is 0 Å². The van der Waals surface area contributed by atoms with Crippen LogP contribution in [0.4, 0.5) is 0 Å². The molecule has 1 N–H and O–H groups in total. The molecule has 0 bridgehead atoms. The first-order chi connectivity index (χ1) is 4.95. The second-order valence-electron chi connectivity index (χ2n) is 1.59. The lowest BCUT2D eigenvalue weighted by molar-refractivity contribution is -0.104. The molecule has 0 aliphatic heterocycles. The molecule has 0 radical (unpaired) electrons. The first kappa shape index (κ1) is 9.90. The van der Waals surface area contributed by atoms with E-state index >= 15 is 0 Å². The highest BCUT2D eigenvalue weighted by Gasteiger charge is 1.97. The second kappa shape index (κ2) is 3.92. The number of carbonyl (C=O) groups is 1. The molecule has 0 aliphatic rings. The topological polar surface area (TPSA) is 80.7 Å². The summed E-state index contributed by atoms with van der Waals surface area (Å²) in [4.78, 5) is 9.87. The average molecular weight is 178 g/mol. The molecule has 0 aromatic heterocycles. The summed E-state index contributed by atoms with van der Waals surface area (Å²) in [6, 6.07) is 0. The van der Waals surface area contributed by atoms with Crippen molar-refractivity contribution < 1.29 is 21.9 Å². The molecular formula is C5H6O5S. The zero-order chi connectivity index (χ0) is 8.91. The zero-order valence-corrected chi connectivity index (χ0v) is 6.46. The third-order valence-corrected chi connectivity index (χ3v) is 0.973. The minimum absolute atomic E-state index is 0.161. The first-order valence-corrected chi connectivity index (χ1v) is 3.85. The Morgan fingerprint density at radius 3 is 2.55 bits per heavy atom. The molecule has 0 spiro atoms. The predicted molar refractivity (Wildman–Crippen MR) is 36.0 cm³/mol. The van der Waals surface area contributed by atoms with Crippen LogP contribution in [0.15, 0.2) is 17.6 Å². The van der Waals surface area contributed by atoms with Gasteiger partial charge in [-0.1, -0.05) is 5.73 Å². The Morgan fingerprint density at radius 2 is 2.18 bits per heavy atom. The van der Waals surface area contributed by atoms with Crippen molar-refractivity contribution in [2.45, 2.75) is 6.92 Å². The fourth-order valence-electron chi connectivity index (χ4n) is 0.212. The molecule has 5 nitrogen and oxygen atoms in total. The van der Waals surface area contributed by atoms with E-state index in [0.717, 1.165) is 0 Å². The van der Waals surface area contributed by atoms with Crippen LogP contribution in [0, 0.1) is 0 Å². The van der Waals surface area contributed by atoms with Gasteiger partial charge in [-0.3, -0.25) is 9.35 Å². The smallest absolute Gasteiger partial charge is 0.361 e. The van der Waals surface area contributed by atoms with Crippen LogP contribution in [0.1, 0.15) is 6.92 Å². The van der Waals surface area contributed by atoms with Gasteiger partial charge >= 0.3 is 10.4 Å². The summed E-state index contributed by atoms with van der Waals surface area (Å²) in [7, 11) is -4.48. The number of hydrogen-bond donors (Lipinski definition) is 1. The summed E-state index contributed by atoms with van der Waals surface area (Å²) in [5, 5.41) is 0. The minimum Gasteiger partial charge on any atom is -0.361 e. The van der Waals surface area contributed by atoms with Crippen molar-refractivity contribution >= 4 is 16.7 Å². The van der Waals surface area contributed by atoms with Gasteiger partial charge in [-0.25, -0.2) is 0 Å². The minimum atomic E-state index is -4.48. The van der Waals surface area contributed by atoms with Gasteiger partial charge in [-0.2, -0.15) is 8.42 Å². The molecule has 11 heavy (non-hydrogen) atoms. The molecule has 0 rings (SSSR count). The molecule has 0 aromatic carbocycles.